The number of fused-ring (bicyclic) bond motifs is 1. The highest BCUT2D eigenvalue weighted by Crippen LogP contribution is 2.41. The number of nitrogens with one attached hydrogen (secondary N) is 2. The van der Waals surface area contributed by atoms with Crippen LogP contribution in [0.25, 0.3) is 0 Å². The third-order valence-electron chi connectivity index (χ3n) is 5.86. The van der Waals surface area contributed by atoms with E-state index in [1.165, 1.54) is 23.5 Å². The summed E-state index contributed by atoms with van der Waals surface area (Å²) in [5, 5.41) is 19.7. The number of anilines is 1. The first-order chi connectivity index (χ1) is 17.8. The van der Waals surface area contributed by atoms with Crippen LogP contribution in [0.4, 0.5) is 5.69 Å². The van der Waals surface area contributed by atoms with E-state index in [2.05, 4.69) is 20.8 Å². The summed E-state index contributed by atoms with van der Waals surface area (Å²) in [6.45, 7) is 0.447. The van der Waals surface area contributed by atoms with Crippen molar-refractivity contribution in [1.29, 1.82) is 0 Å². The number of nitrogens with two attached hydrogens (primary N) is 1. The van der Waals surface area contributed by atoms with Crippen molar-refractivity contribution in [3.8, 4) is 0 Å². The van der Waals surface area contributed by atoms with Gasteiger partial charge in [0, 0.05) is 29.5 Å². The van der Waals surface area contributed by atoms with Gasteiger partial charge in [-0.2, -0.15) is 0 Å². The number of oxime groups is 1. The number of nitrogens with zero attached hydrogens (tertiary/aromatic N) is 4. The van der Waals surface area contributed by atoms with Crippen LogP contribution in [-0.4, -0.2) is 74.1 Å². The fraction of sp³-hybridized carbons (Fsp3) is 0.273. The zero-order valence-electron chi connectivity index (χ0n) is 19.1. The molecule has 37 heavy (non-hydrogen) atoms. The highest BCUT2D eigenvalue weighted by atomic mass is 32.2. The summed E-state index contributed by atoms with van der Waals surface area (Å²) < 4.78 is 0. The fourth-order valence-corrected chi connectivity index (χ4v) is 6.06. The van der Waals surface area contributed by atoms with E-state index in [0.29, 0.717) is 29.8 Å². The van der Waals surface area contributed by atoms with E-state index in [1.807, 2.05) is 0 Å². The Bertz CT molecular complexity index is 1280. The van der Waals surface area contributed by atoms with Gasteiger partial charge in [0.05, 0.1) is 11.9 Å². The van der Waals surface area contributed by atoms with E-state index in [1.54, 1.807) is 40.9 Å². The molecule has 3 amide bonds. The number of carbonyl (C=O) groups excluding carboxylic acids is 3. The van der Waals surface area contributed by atoms with Gasteiger partial charge in [-0.15, -0.1) is 11.8 Å². The number of pyridine rings is 1. The lowest BCUT2D eigenvalue weighted by atomic mass is 10.0. The molecule has 0 saturated carbocycles. The predicted molar refractivity (Wildman–Crippen MR) is 135 cm³/mol. The SMILES string of the molecule is NC1NC(O/N=C/C(=O)NC2C(=O)N3C(C(=O)O)=C(/C=C4\CCN(c5cccnc5)C4=O)CSC23)=CS1. The second-order valence-corrected chi connectivity index (χ2v) is 10.3. The number of rotatable bonds is 7. The lowest BCUT2D eigenvalue weighted by Gasteiger charge is -2.49. The normalized spacial score (nSPS) is 26.2. The molecule has 1 aromatic rings. The Balaban J connectivity index is 1.26. The summed E-state index contributed by atoms with van der Waals surface area (Å²) in [4.78, 5) is 61.9. The minimum Gasteiger partial charge on any atom is -0.477 e. The molecule has 5 heterocycles. The van der Waals surface area contributed by atoms with E-state index in [4.69, 9.17) is 10.6 Å². The topological polar surface area (TPSA) is 180 Å². The van der Waals surface area contributed by atoms with Crippen LogP contribution in [0, 0.1) is 0 Å². The lowest BCUT2D eigenvalue weighted by molar-refractivity contribution is -0.150. The van der Waals surface area contributed by atoms with Crippen molar-refractivity contribution in [2.45, 2.75) is 23.3 Å². The smallest absolute Gasteiger partial charge is 0.352 e. The van der Waals surface area contributed by atoms with E-state index < -0.39 is 29.2 Å². The molecule has 0 spiro atoms. The monoisotopic (exact) mass is 543 g/mol. The van der Waals surface area contributed by atoms with Gasteiger partial charge in [0.15, 0.2) is 0 Å². The Kier molecular flexibility index (Phi) is 6.90. The highest BCUT2D eigenvalue weighted by Gasteiger charge is 2.54. The first kappa shape index (κ1) is 24.9. The van der Waals surface area contributed by atoms with Gasteiger partial charge >= 0.3 is 5.97 Å². The van der Waals surface area contributed by atoms with Crippen molar-refractivity contribution in [2.24, 2.45) is 10.9 Å². The maximum absolute atomic E-state index is 12.9. The van der Waals surface area contributed by atoms with Crippen molar-refractivity contribution in [3.63, 3.8) is 0 Å². The first-order valence-electron chi connectivity index (χ1n) is 11.1. The van der Waals surface area contributed by atoms with Crippen LogP contribution in [0.2, 0.25) is 0 Å². The van der Waals surface area contributed by atoms with Gasteiger partial charge in [-0.05, 0) is 30.2 Å². The predicted octanol–water partition coefficient (Wildman–Crippen LogP) is -0.137. The summed E-state index contributed by atoms with van der Waals surface area (Å²) in [6.07, 6.45) is 6.07. The maximum Gasteiger partial charge on any atom is 0.352 e. The van der Waals surface area contributed by atoms with E-state index in [-0.39, 0.29) is 28.7 Å². The minimum atomic E-state index is -1.28. The number of aromatic nitrogens is 1. The van der Waals surface area contributed by atoms with Gasteiger partial charge < -0.3 is 31.2 Å². The lowest BCUT2D eigenvalue weighted by Crippen LogP contribution is -2.70. The Labute approximate surface area is 218 Å². The molecule has 2 fully saturated rings. The summed E-state index contributed by atoms with van der Waals surface area (Å²) in [6, 6.07) is 2.59. The molecule has 1 aromatic heterocycles. The average Bonchev–Trinajstić information content (AvgIpc) is 3.47. The molecule has 0 radical (unpaired) electrons. The number of allylic oxidation sites excluding steroid dienone is 1. The number of hydrogen-bond acceptors (Lipinski definition) is 11. The van der Waals surface area contributed by atoms with E-state index in [9.17, 15) is 24.3 Å². The molecular formula is C22H21N7O6S2. The van der Waals surface area contributed by atoms with Crippen molar-refractivity contribution >= 4 is 59.1 Å². The van der Waals surface area contributed by atoms with E-state index in [0.717, 1.165) is 11.1 Å². The number of amides is 3. The van der Waals surface area contributed by atoms with Crippen LogP contribution in [0.1, 0.15) is 6.42 Å². The fourth-order valence-electron chi connectivity index (χ4n) is 4.18. The Morgan fingerprint density at radius 1 is 1.38 bits per heavy atom. The van der Waals surface area contributed by atoms with Crippen LogP contribution in [-0.2, 0) is 24.0 Å². The number of thioether (sulfide) groups is 2. The molecule has 3 atom stereocenters. The summed E-state index contributed by atoms with van der Waals surface area (Å²) in [7, 11) is 0. The Morgan fingerprint density at radius 3 is 2.92 bits per heavy atom. The quantitative estimate of drug-likeness (QED) is 0.156. The number of β-lactam (4-membered cyclic amide) rings is 1. The molecule has 0 aliphatic carbocycles. The van der Waals surface area contributed by atoms with Crippen LogP contribution >= 0.6 is 23.5 Å². The molecule has 0 aromatic carbocycles. The van der Waals surface area contributed by atoms with Crippen LogP contribution < -0.4 is 21.3 Å². The van der Waals surface area contributed by atoms with Gasteiger partial charge in [-0.3, -0.25) is 24.3 Å². The summed E-state index contributed by atoms with van der Waals surface area (Å²) in [5.41, 5.74) is 6.56. The molecule has 4 aliphatic heterocycles. The molecule has 13 nitrogen and oxygen atoms in total. The molecular weight excluding hydrogens is 522 g/mol. The first-order valence-corrected chi connectivity index (χ1v) is 13.0. The zero-order valence-corrected chi connectivity index (χ0v) is 20.7. The van der Waals surface area contributed by atoms with Crippen LogP contribution in [0.5, 0.6) is 0 Å². The van der Waals surface area contributed by atoms with Gasteiger partial charge in [0.2, 0.25) is 5.88 Å². The Morgan fingerprint density at radius 2 is 2.22 bits per heavy atom. The third-order valence-corrected chi connectivity index (χ3v) is 7.92. The Hall–Kier alpha value is -3.82. The molecule has 5 rings (SSSR count). The summed E-state index contributed by atoms with van der Waals surface area (Å²) >= 11 is 2.58. The van der Waals surface area contributed by atoms with Crippen molar-refractivity contribution in [2.75, 3.05) is 17.2 Å². The van der Waals surface area contributed by atoms with E-state index >= 15 is 0 Å². The highest BCUT2D eigenvalue weighted by molar-refractivity contribution is 8.02. The zero-order chi connectivity index (χ0) is 26.1. The number of carbonyl (C=O) groups is 4. The van der Waals surface area contributed by atoms with Gasteiger partial charge in [-0.1, -0.05) is 16.9 Å². The molecule has 0 bridgehead atoms. The van der Waals surface area contributed by atoms with Crippen molar-refractivity contribution in [3.05, 3.63) is 58.7 Å². The summed E-state index contributed by atoms with van der Waals surface area (Å²) in [5.74, 6) is -2.21. The number of aliphatic carboxylic acids is 1. The number of hydrogen-bond donors (Lipinski definition) is 4. The maximum atomic E-state index is 12.9. The number of carboxylic acid groups (broad SMARTS) is 1. The number of carboxylic acids is 1. The molecule has 4 aliphatic rings. The second-order valence-electron chi connectivity index (χ2n) is 8.17. The van der Waals surface area contributed by atoms with Gasteiger partial charge in [0.1, 0.15) is 28.8 Å². The molecule has 5 N–H and O–H groups in total. The largest absolute Gasteiger partial charge is 0.477 e. The average molecular weight is 544 g/mol. The molecule has 3 unspecified atom stereocenters. The van der Waals surface area contributed by atoms with Crippen LogP contribution in [0.15, 0.2) is 63.9 Å². The van der Waals surface area contributed by atoms with Gasteiger partial charge in [0.25, 0.3) is 17.7 Å². The van der Waals surface area contributed by atoms with Crippen molar-refractivity contribution < 1.29 is 29.1 Å². The van der Waals surface area contributed by atoms with Crippen LogP contribution in [0.3, 0.4) is 0 Å². The molecule has 192 valence electrons. The molecule has 2 saturated heterocycles. The minimum absolute atomic E-state index is 0.190. The molecule has 15 heteroatoms. The van der Waals surface area contributed by atoms with Gasteiger partial charge in [-0.25, -0.2) is 4.79 Å². The van der Waals surface area contributed by atoms with Crippen molar-refractivity contribution in [1.82, 2.24) is 20.5 Å². The standard InChI is InChI=1S/C22H21N7O6S2/c23-22-27-15(10-37-22)35-25-8-14(30)26-16-19(32)29-17(21(33)34)12(9-36-20(16)29)6-11-3-5-28(18(11)31)13-2-1-4-24-7-13/h1-2,4,6-8,10,16,20,22,27H,3,5,9,23H2,(H,26,30)(H,33,34)/b11-6+,25-8+. The second kappa shape index (κ2) is 10.3. The third kappa shape index (κ3) is 4.92.